The average molecular weight is 311 g/mol. The van der Waals surface area contributed by atoms with Crippen molar-refractivity contribution < 1.29 is 9.90 Å². The minimum absolute atomic E-state index is 0.332. The maximum Gasteiger partial charge on any atom is 0.303 e. The van der Waals surface area contributed by atoms with E-state index in [1.165, 1.54) is 70.6 Å². The van der Waals surface area contributed by atoms with E-state index in [1.54, 1.807) is 0 Å². The van der Waals surface area contributed by atoms with Gasteiger partial charge in [-0.05, 0) is 32.1 Å². The van der Waals surface area contributed by atoms with Crippen LogP contribution in [0.2, 0.25) is 0 Å². The van der Waals surface area contributed by atoms with Crippen molar-refractivity contribution in [2.24, 2.45) is 0 Å². The topological polar surface area (TPSA) is 37.3 Å². The van der Waals surface area contributed by atoms with Crippen LogP contribution >= 0.6 is 0 Å². The predicted octanol–water partition coefficient (Wildman–Crippen LogP) is 6.91. The molecule has 0 fully saturated rings. The molecule has 0 aliphatic carbocycles. The standard InChI is InChI=1S/C18H34O2.C2H4/c1-2-3-4-5-6-7-8-9-10-11-12-13-14-15-16-17-18(19)20;1-2/h9-10H,2-8,11-17H2,1H3,(H,19,20);1-2H2. The molecule has 0 aromatic carbocycles. The maximum atomic E-state index is 10.3. The summed E-state index contributed by atoms with van der Waals surface area (Å²) in [5.74, 6) is -0.664. The second kappa shape index (κ2) is 22.2. The minimum Gasteiger partial charge on any atom is -0.481 e. The summed E-state index contributed by atoms with van der Waals surface area (Å²) in [5, 5.41) is 8.51. The van der Waals surface area contributed by atoms with E-state index in [0.717, 1.165) is 12.8 Å². The fourth-order valence-electron chi connectivity index (χ4n) is 2.35. The van der Waals surface area contributed by atoms with E-state index in [0.29, 0.717) is 6.42 Å². The van der Waals surface area contributed by atoms with Gasteiger partial charge in [0.05, 0.1) is 0 Å². The summed E-state index contributed by atoms with van der Waals surface area (Å²) in [6.07, 6.45) is 21.2. The number of carboxylic acids is 1. The lowest BCUT2D eigenvalue weighted by molar-refractivity contribution is -0.137. The molecule has 0 aromatic rings. The lowest BCUT2D eigenvalue weighted by Crippen LogP contribution is -1.93. The van der Waals surface area contributed by atoms with E-state index < -0.39 is 5.97 Å². The number of aliphatic carboxylic acids is 1. The zero-order valence-electron chi connectivity index (χ0n) is 14.8. The van der Waals surface area contributed by atoms with Gasteiger partial charge in [0.2, 0.25) is 0 Å². The van der Waals surface area contributed by atoms with Crippen LogP contribution in [0, 0.1) is 0 Å². The van der Waals surface area contributed by atoms with Crippen molar-refractivity contribution in [2.45, 2.75) is 96.8 Å². The minimum atomic E-state index is -0.664. The molecule has 0 aliphatic heterocycles. The summed E-state index contributed by atoms with van der Waals surface area (Å²) in [7, 11) is 0. The maximum absolute atomic E-state index is 10.3. The Balaban J connectivity index is 0. The van der Waals surface area contributed by atoms with Crippen molar-refractivity contribution >= 4 is 5.97 Å². The molecule has 1 N–H and O–H groups in total. The lowest BCUT2D eigenvalue weighted by Gasteiger charge is -1.99. The molecule has 0 amide bonds. The molecule has 2 heteroatoms. The number of hydrogen-bond donors (Lipinski definition) is 1. The molecule has 0 radical (unpaired) electrons. The van der Waals surface area contributed by atoms with Crippen LogP contribution in [0.4, 0.5) is 0 Å². The molecule has 0 rings (SSSR count). The lowest BCUT2D eigenvalue weighted by atomic mass is 10.1. The van der Waals surface area contributed by atoms with Gasteiger partial charge < -0.3 is 5.11 Å². The number of allylic oxidation sites excluding steroid dienone is 2. The Morgan fingerprint density at radius 1 is 0.773 bits per heavy atom. The third-order valence-electron chi connectivity index (χ3n) is 3.65. The number of hydrogen-bond acceptors (Lipinski definition) is 1. The Labute approximate surface area is 138 Å². The molecule has 0 unspecified atom stereocenters. The first kappa shape index (κ1) is 23.2. The Hall–Kier alpha value is -1.05. The van der Waals surface area contributed by atoms with Gasteiger partial charge in [0.15, 0.2) is 0 Å². The summed E-state index contributed by atoms with van der Waals surface area (Å²) < 4.78 is 0. The average Bonchev–Trinajstić information content (AvgIpc) is 2.53. The highest BCUT2D eigenvalue weighted by molar-refractivity contribution is 5.66. The van der Waals surface area contributed by atoms with Gasteiger partial charge in [-0.2, -0.15) is 0 Å². The van der Waals surface area contributed by atoms with E-state index in [2.05, 4.69) is 32.2 Å². The number of unbranched alkanes of at least 4 members (excludes halogenated alkanes) is 11. The quantitative estimate of drug-likeness (QED) is 0.263. The zero-order valence-corrected chi connectivity index (χ0v) is 14.8. The van der Waals surface area contributed by atoms with Gasteiger partial charge in [-0.3, -0.25) is 4.79 Å². The van der Waals surface area contributed by atoms with E-state index in [-0.39, 0.29) is 0 Å². The number of carboxylic acid groups (broad SMARTS) is 1. The third-order valence-corrected chi connectivity index (χ3v) is 3.65. The first-order valence-corrected chi connectivity index (χ1v) is 9.14. The van der Waals surface area contributed by atoms with Crippen LogP contribution in [0.3, 0.4) is 0 Å². The van der Waals surface area contributed by atoms with Crippen molar-refractivity contribution in [1.82, 2.24) is 0 Å². The third kappa shape index (κ3) is 24.0. The van der Waals surface area contributed by atoms with Gasteiger partial charge in [-0.15, -0.1) is 13.2 Å². The van der Waals surface area contributed by atoms with Crippen molar-refractivity contribution in [2.75, 3.05) is 0 Å². The molecule has 0 saturated heterocycles. The van der Waals surface area contributed by atoms with Crippen LogP contribution in [0.15, 0.2) is 25.3 Å². The molecule has 0 aliphatic rings. The Morgan fingerprint density at radius 2 is 1.18 bits per heavy atom. The van der Waals surface area contributed by atoms with Gasteiger partial charge >= 0.3 is 5.97 Å². The van der Waals surface area contributed by atoms with Crippen LogP contribution in [0.5, 0.6) is 0 Å². The summed E-state index contributed by atoms with van der Waals surface area (Å²) in [5.41, 5.74) is 0. The van der Waals surface area contributed by atoms with Crippen molar-refractivity contribution in [3.63, 3.8) is 0 Å². The molecular weight excluding hydrogens is 272 g/mol. The summed E-state index contributed by atoms with van der Waals surface area (Å²) in [4.78, 5) is 10.3. The molecule has 130 valence electrons. The highest BCUT2D eigenvalue weighted by Crippen LogP contribution is 2.09. The largest absolute Gasteiger partial charge is 0.481 e. The highest BCUT2D eigenvalue weighted by Gasteiger charge is 1.95. The van der Waals surface area contributed by atoms with Crippen LogP contribution < -0.4 is 0 Å². The molecule has 0 aromatic heterocycles. The van der Waals surface area contributed by atoms with Gasteiger partial charge in [0.25, 0.3) is 0 Å². The van der Waals surface area contributed by atoms with Crippen molar-refractivity contribution in [3.8, 4) is 0 Å². The van der Waals surface area contributed by atoms with Crippen molar-refractivity contribution in [3.05, 3.63) is 25.3 Å². The van der Waals surface area contributed by atoms with E-state index in [1.807, 2.05) is 0 Å². The van der Waals surface area contributed by atoms with Gasteiger partial charge in [0.1, 0.15) is 0 Å². The van der Waals surface area contributed by atoms with E-state index in [4.69, 9.17) is 5.11 Å². The smallest absolute Gasteiger partial charge is 0.303 e. The van der Waals surface area contributed by atoms with Gasteiger partial charge in [-0.1, -0.05) is 70.4 Å². The Kier molecular flexibility index (Phi) is 23.5. The zero-order chi connectivity index (χ0) is 16.9. The Morgan fingerprint density at radius 3 is 1.64 bits per heavy atom. The predicted molar refractivity (Wildman–Crippen MR) is 98.3 cm³/mol. The first-order chi connectivity index (χ1) is 10.8. The highest BCUT2D eigenvalue weighted by atomic mass is 16.4. The summed E-state index contributed by atoms with van der Waals surface area (Å²) in [6, 6.07) is 0. The van der Waals surface area contributed by atoms with E-state index in [9.17, 15) is 4.79 Å². The van der Waals surface area contributed by atoms with Crippen LogP contribution in [0.25, 0.3) is 0 Å². The normalized spacial score (nSPS) is 10.4. The van der Waals surface area contributed by atoms with Gasteiger partial charge in [-0.25, -0.2) is 0 Å². The number of carbonyl (C=O) groups is 1. The molecular formula is C20H38O2. The van der Waals surface area contributed by atoms with E-state index >= 15 is 0 Å². The molecule has 0 heterocycles. The Bertz CT molecular complexity index is 246. The van der Waals surface area contributed by atoms with Crippen LogP contribution in [0.1, 0.15) is 96.8 Å². The number of rotatable bonds is 15. The second-order valence-corrected chi connectivity index (χ2v) is 5.73. The second-order valence-electron chi connectivity index (χ2n) is 5.73. The molecule has 0 saturated carbocycles. The van der Waals surface area contributed by atoms with Crippen LogP contribution in [-0.2, 0) is 4.79 Å². The summed E-state index contributed by atoms with van der Waals surface area (Å²) in [6.45, 7) is 8.26. The fourth-order valence-corrected chi connectivity index (χ4v) is 2.35. The molecule has 22 heavy (non-hydrogen) atoms. The fraction of sp³-hybridized carbons (Fsp3) is 0.750. The molecule has 0 spiro atoms. The molecule has 0 atom stereocenters. The van der Waals surface area contributed by atoms with Gasteiger partial charge in [0, 0.05) is 6.42 Å². The summed E-state index contributed by atoms with van der Waals surface area (Å²) >= 11 is 0. The first-order valence-electron chi connectivity index (χ1n) is 9.14. The SMILES string of the molecule is C=C.CCCCCCCCC=CCCCCCCCC(=O)O. The monoisotopic (exact) mass is 310 g/mol. The molecule has 0 bridgehead atoms. The molecule has 2 nitrogen and oxygen atoms in total. The van der Waals surface area contributed by atoms with Crippen LogP contribution in [-0.4, -0.2) is 11.1 Å². The van der Waals surface area contributed by atoms with Crippen molar-refractivity contribution in [1.29, 1.82) is 0 Å².